The molecule has 0 fully saturated rings. The number of benzene rings is 3. The summed E-state index contributed by atoms with van der Waals surface area (Å²) in [5.41, 5.74) is 4.03. The minimum absolute atomic E-state index is 0.184. The lowest BCUT2D eigenvalue weighted by Crippen LogP contribution is -2.24. The average molecular weight is 455 g/mol. The minimum atomic E-state index is -0.405. The number of amides is 1. The van der Waals surface area contributed by atoms with Crippen LogP contribution in [0.25, 0.3) is 0 Å². The van der Waals surface area contributed by atoms with Crippen molar-refractivity contribution < 1.29 is 23.7 Å². The standard InChI is InChI=1S/C24H23ClN2O5/c1-29-21-5-3-4-17(12-21)15-32-23-11-10-22(30-2)13-18(23)14-26-27-24(28)16-31-20-8-6-19(25)7-9-20/h3-14H,15-16H2,1-2H3,(H,27,28)/b26-14-. The zero-order valence-corrected chi connectivity index (χ0v) is 18.5. The van der Waals surface area contributed by atoms with Crippen molar-refractivity contribution in [3.05, 3.63) is 82.9 Å². The molecule has 8 heteroatoms. The zero-order chi connectivity index (χ0) is 22.8. The van der Waals surface area contributed by atoms with Gasteiger partial charge in [0.2, 0.25) is 0 Å². The van der Waals surface area contributed by atoms with E-state index >= 15 is 0 Å². The molecule has 0 saturated carbocycles. The van der Waals surface area contributed by atoms with Gasteiger partial charge in [-0.2, -0.15) is 5.10 Å². The first-order chi connectivity index (χ1) is 15.6. The van der Waals surface area contributed by atoms with Crippen LogP contribution in [0.4, 0.5) is 0 Å². The van der Waals surface area contributed by atoms with Crippen LogP contribution in [0.3, 0.4) is 0 Å². The maximum atomic E-state index is 12.0. The summed E-state index contributed by atoms with van der Waals surface area (Å²) < 4.78 is 21.9. The number of carbonyl (C=O) groups is 1. The van der Waals surface area contributed by atoms with E-state index in [-0.39, 0.29) is 6.61 Å². The number of hydrogen-bond acceptors (Lipinski definition) is 6. The summed E-state index contributed by atoms with van der Waals surface area (Å²) in [7, 11) is 3.19. The second-order valence-electron chi connectivity index (χ2n) is 6.58. The van der Waals surface area contributed by atoms with Gasteiger partial charge >= 0.3 is 0 Å². The molecule has 1 N–H and O–H groups in total. The van der Waals surface area contributed by atoms with Gasteiger partial charge in [-0.15, -0.1) is 0 Å². The maximum absolute atomic E-state index is 12.0. The molecule has 0 atom stereocenters. The van der Waals surface area contributed by atoms with Crippen LogP contribution in [0.15, 0.2) is 71.8 Å². The summed E-state index contributed by atoms with van der Waals surface area (Å²) in [4.78, 5) is 12.0. The number of nitrogens with zero attached hydrogens (tertiary/aromatic N) is 1. The van der Waals surface area contributed by atoms with Crippen molar-refractivity contribution in [2.45, 2.75) is 6.61 Å². The Morgan fingerprint density at radius 2 is 1.66 bits per heavy atom. The summed E-state index contributed by atoms with van der Waals surface area (Å²) >= 11 is 5.83. The maximum Gasteiger partial charge on any atom is 0.277 e. The monoisotopic (exact) mass is 454 g/mol. The summed E-state index contributed by atoms with van der Waals surface area (Å²) in [5.74, 6) is 2.11. The number of halogens is 1. The highest BCUT2D eigenvalue weighted by Gasteiger charge is 2.07. The van der Waals surface area contributed by atoms with E-state index in [0.717, 1.165) is 11.3 Å². The molecule has 0 bridgehead atoms. The highest BCUT2D eigenvalue weighted by Crippen LogP contribution is 2.24. The highest BCUT2D eigenvalue weighted by atomic mass is 35.5. The first kappa shape index (κ1) is 23.0. The molecule has 3 aromatic carbocycles. The quantitative estimate of drug-likeness (QED) is 0.361. The average Bonchev–Trinajstić information content (AvgIpc) is 2.83. The second kappa shape index (κ2) is 11.6. The third-order valence-corrected chi connectivity index (χ3v) is 4.57. The van der Waals surface area contributed by atoms with Gasteiger partial charge in [0.25, 0.3) is 5.91 Å². The number of hydrogen-bond donors (Lipinski definition) is 1. The van der Waals surface area contributed by atoms with Crippen LogP contribution in [0.5, 0.6) is 23.0 Å². The van der Waals surface area contributed by atoms with Gasteiger partial charge in [0.1, 0.15) is 29.6 Å². The molecular weight excluding hydrogens is 432 g/mol. The number of hydrazone groups is 1. The van der Waals surface area contributed by atoms with E-state index < -0.39 is 5.91 Å². The van der Waals surface area contributed by atoms with Gasteiger partial charge in [-0.3, -0.25) is 4.79 Å². The van der Waals surface area contributed by atoms with Crippen LogP contribution in [0.2, 0.25) is 5.02 Å². The number of rotatable bonds is 10. The molecule has 1 amide bonds. The number of nitrogens with one attached hydrogen (secondary N) is 1. The van der Waals surface area contributed by atoms with Crippen molar-refractivity contribution in [1.82, 2.24) is 5.43 Å². The van der Waals surface area contributed by atoms with Crippen LogP contribution in [-0.2, 0) is 11.4 Å². The molecule has 0 saturated heterocycles. The fourth-order valence-electron chi connectivity index (χ4n) is 2.69. The third-order valence-electron chi connectivity index (χ3n) is 4.32. The summed E-state index contributed by atoms with van der Waals surface area (Å²) in [5, 5.41) is 4.60. The van der Waals surface area contributed by atoms with Crippen molar-refractivity contribution >= 4 is 23.7 Å². The van der Waals surface area contributed by atoms with E-state index in [9.17, 15) is 4.79 Å². The molecule has 3 aromatic rings. The predicted octanol–water partition coefficient (Wildman–Crippen LogP) is 4.47. The van der Waals surface area contributed by atoms with Crippen LogP contribution in [0, 0.1) is 0 Å². The van der Waals surface area contributed by atoms with E-state index in [4.69, 9.17) is 30.5 Å². The van der Waals surface area contributed by atoms with E-state index in [1.807, 2.05) is 24.3 Å². The Bertz CT molecular complexity index is 1070. The molecule has 0 unspecified atom stereocenters. The van der Waals surface area contributed by atoms with Crippen LogP contribution in [-0.4, -0.2) is 32.9 Å². The molecule has 0 aliphatic carbocycles. The van der Waals surface area contributed by atoms with Gasteiger partial charge in [0.15, 0.2) is 6.61 Å². The Morgan fingerprint density at radius 3 is 2.41 bits per heavy atom. The SMILES string of the molecule is COc1cccc(COc2ccc(OC)cc2/C=N\NC(=O)COc2ccc(Cl)cc2)c1. The molecule has 0 aliphatic rings. The molecule has 0 spiro atoms. The van der Waals surface area contributed by atoms with Gasteiger partial charge in [-0.25, -0.2) is 5.43 Å². The lowest BCUT2D eigenvalue weighted by atomic mass is 10.2. The van der Waals surface area contributed by atoms with Crippen molar-refractivity contribution in [1.29, 1.82) is 0 Å². The molecule has 3 rings (SSSR count). The van der Waals surface area contributed by atoms with Gasteiger partial charge in [-0.1, -0.05) is 23.7 Å². The van der Waals surface area contributed by atoms with Crippen molar-refractivity contribution in [3.63, 3.8) is 0 Å². The zero-order valence-electron chi connectivity index (χ0n) is 17.7. The molecule has 0 aromatic heterocycles. The van der Waals surface area contributed by atoms with Crippen molar-refractivity contribution in [3.8, 4) is 23.0 Å². The van der Waals surface area contributed by atoms with Gasteiger partial charge in [0.05, 0.1) is 20.4 Å². The lowest BCUT2D eigenvalue weighted by Gasteiger charge is -2.11. The Labute approximate surface area is 191 Å². The second-order valence-corrected chi connectivity index (χ2v) is 7.02. The molecule has 7 nitrogen and oxygen atoms in total. The van der Waals surface area contributed by atoms with Crippen molar-refractivity contribution in [2.75, 3.05) is 20.8 Å². The normalized spacial score (nSPS) is 10.6. The number of methoxy groups -OCH3 is 2. The first-order valence-electron chi connectivity index (χ1n) is 9.71. The molecule has 0 radical (unpaired) electrons. The van der Waals surface area contributed by atoms with Crippen LogP contribution < -0.4 is 24.4 Å². The number of carbonyl (C=O) groups excluding carboxylic acids is 1. The first-order valence-corrected chi connectivity index (χ1v) is 10.1. The fourth-order valence-corrected chi connectivity index (χ4v) is 2.82. The predicted molar refractivity (Wildman–Crippen MR) is 123 cm³/mol. The summed E-state index contributed by atoms with van der Waals surface area (Å²) in [6.45, 7) is 0.155. The van der Waals surface area contributed by atoms with Crippen LogP contribution in [0.1, 0.15) is 11.1 Å². The number of ether oxygens (including phenoxy) is 4. The smallest absolute Gasteiger partial charge is 0.277 e. The van der Waals surface area contributed by atoms with Crippen LogP contribution >= 0.6 is 11.6 Å². The van der Waals surface area contributed by atoms with E-state index in [0.29, 0.717) is 34.4 Å². The summed E-state index contributed by atoms with van der Waals surface area (Å²) in [6.07, 6.45) is 1.49. The van der Waals surface area contributed by atoms with Crippen molar-refractivity contribution in [2.24, 2.45) is 5.10 Å². The largest absolute Gasteiger partial charge is 0.497 e. The van der Waals surface area contributed by atoms with Gasteiger partial charge in [0, 0.05) is 10.6 Å². The molecular formula is C24H23ClN2O5. The van der Waals surface area contributed by atoms with E-state index in [1.54, 1.807) is 56.7 Å². The summed E-state index contributed by atoms with van der Waals surface area (Å²) in [6, 6.07) is 19.7. The molecule has 0 aliphatic heterocycles. The van der Waals surface area contributed by atoms with Gasteiger partial charge in [-0.05, 0) is 60.2 Å². The Balaban J connectivity index is 1.60. The minimum Gasteiger partial charge on any atom is -0.497 e. The van der Waals surface area contributed by atoms with E-state index in [1.165, 1.54) is 6.21 Å². The molecule has 0 heterocycles. The van der Waals surface area contributed by atoms with E-state index in [2.05, 4.69) is 10.5 Å². The van der Waals surface area contributed by atoms with Gasteiger partial charge < -0.3 is 18.9 Å². The lowest BCUT2D eigenvalue weighted by molar-refractivity contribution is -0.123. The topological polar surface area (TPSA) is 78.4 Å². The highest BCUT2D eigenvalue weighted by molar-refractivity contribution is 6.30. The fraction of sp³-hybridized carbons (Fsp3) is 0.167. The Kier molecular flexibility index (Phi) is 8.34. The third kappa shape index (κ3) is 6.92. The Hall–Kier alpha value is -3.71. The molecule has 166 valence electrons. The Morgan fingerprint density at radius 1 is 0.938 bits per heavy atom. The molecule has 32 heavy (non-hydrogen) atoms.